The summed E-state index contributed by atoms with van der Waals surface area (Å²) in [7, 11) is 0. The van der Waals surface area contributed by atoms with Gasteiger partial charge in [0.15, 0.2) is 0 Å². The summed E-state index contributed by atoms with van der Waals surface area (Å²) in [6.07, 6.45) is 0. The molecule has 0 saturated heterocycles. The highest BCUT2D eigenvalue weighted by Crippen LogP contribution is 2.47. The molecule has 0 atom stereocenters. The lowest BCUT2D eigenvalue weighted by Gasteiger charge is -2.30. The Bertz CT molecular complexity index is 2140. The standard InChI is InChI=1S/C46H38N2/c1-31-13-21-35(22-14-31)47(36-23-15-32(2)16-24-36)45-29-43-40-10-6-8-12-42(40)46(30-44(43)39-9-5-7-11-41(39)45)48(37-25-17-33(3)18-26-37)38-27-19-34(4)20-28-38/h5-30H,1-4H3. The Morgan fingerprint density at radius 2 is 0.521 bits per heavy atom. The van der Waals surface area contributed by atoms with E-state index >= 15 is 0 Å². The lowest BCUT2D eigenvalue weighted by Crippen LogP contribution is -2.12. The minimum atomic E-state index is 1.14. The van der Waals surface area contributed by atoms with Gasteiger partial charge in [0.25, 0.3) is 0 Å². The van der Waals surface area contributed by atoms with E-state index in [1.54, 1.807) is 0 Å². The first-order valence-corrected chi connectivity index (χ1v) is 16.7. The molecule has 8 aromatic rings. The van der Waals surface area contributed by atoms with Gasteiger partial charge in [-0.2, -0.15) is 0 Å². The van der Waals surface area contributed by atoms with Crippen molar-refractivity contribution in [2.75, 3.05) is 9.80 Å². The molecule has 0 aliphatic rings. The molecule has 0 heterocycles. The molecule has 0 spiro atoms. The van der Waals surface area contributed by atoms with E-state index in [9.17, 15) is 0 Å². The summed E-state index contributed by atoms with van der Waals surface area (Å²) in [6.45, 7) is 8.58. The average molecular weight is 619 g/mol. The lowest BCUT2D eigenvalue weighted by atomic mass is 9.93. The summed E-state index contributed by atoms with van der Waals surface area (Å²) < 4.78 is 0. The van der Waals surface area contributed by atoms with Gasteiger partial charge < -0.3 is 9.80 Å². The molecular weight excluding hydrogens is 581 g/mol. The zero-order valence-corrected chi connectivity index (χ0v) is 27.9. The van der Waals surface area contributed by atoms with E-state index in [2.05, 4.69) is 195 Å². The van der Waals surface area contributed by atoms with Crippen LogP contribution in [-0.2, 0) is 0 Å². The van der Waals surface area contributed by atoms with Crippen molar-refractivity contribution < 1.29 is 0 Å². The molecule has 232 valence electrons. The van der Waals surface area contributed by atoms with Crippen LogP contribution in [0.2, 0.25) is 0 Å². The minimum absolute atomic E-state index is 1.14. The number of rotatable bonds is 6. The molecule has 0 fully saturated rings. The Labute approximate surface area is 283 Å². The number of benzene rings is 8. The topological polar surface area (TPSA) is 6.48 Å². The van der Waals surface area contributed by atoms with Gasteiger partial charge in [-0.15, -0.1) is 0 Å². The van der Waals surface area contributed by atoms with E-state index in [1.165, 1.54) is 54.6 Å². The predicted octanol–water partition coefficient (Wildman–Crippen LogP) is 13.3. The molecule has 0 amide bonds. The van der Waals surface area contributed by atoms with E-state index in [0.717, 1.165) is 34.1 Å². The summed E-state index contributed by atoms with van der Waals surface area (Å²) in [5.74, 6) is 0. The second-order valence-corrected chi connectivity index (χ2v) is 13.0. The highest BCUT2D eigenvalue weighted by atomic mass is 15.1. The molecule has 0 saturated carbocycles. The molecule has 8 rings (SSSR count). The Morgan fingerprint density at radius 1 is 0.271 bits per heavy atom. The molecule has 0 aliphatic heterocycles. The number of aryl methyl sites for hydroxylation is 4. The third-order valence-corrected chi connectivity index (χ3v) is 9.49. The Hall–Kier alpha value is -5.86. The van der Waals surface area contributed by atoms with Crippen LogP contribution in [0.25, 0.3) is 32.3 Å². The van der Waals surface area contributed by atoms with Crippen LogP contribution in [-0.4, -0.2) is 0 Å². The molecule has 0 aliphatic carbocycles. The van der Waals surface area contributed by atoms with Gasteiger partial charge in [0.2, 0.25) is 0 Å². The molecule has 2 heteroatoms. The molecule has 0 unspecified atom stereocenters. The fourth-order valence-electron chi connectivity index (χ4n) is 6.91. The normalized spacial score (nSPS) is 11.3. The van der Waals surface area contributed by atoms with Crippen LogP contribution in [0.3, 0.4) is 0 Å². The van der Waals surface area contributed by atoms with Crippen LogP contribution in [0.1, 0.15) is 22.3 Å². The molecular formula is C46H38N2. The van der Waals surface area contributed by atoms with Gasteiger partial charge in [-0.05, 0) is 110 Å². The summed E-state index contributed by atoms with van der Waals surface area (Å²) in [5, 5.41) is 7.36. The largest absolute Gasteiger partial charge is 0.310 e. The number of anilines is 6. The van der Waals surface area contributed by atoms with Crippen molar-refractivity contribution in [1.82, 2.24) is 0 Å². The molecule has 0 aromatic heterocycles. The predicted molar refractivity (Wildman–Crippen MR) is 207 cm³/mol. The number of hydrogen-bond donors (Lipinski definition) is 0. The maximum atomic E-state index is 2.41. The van der Waals surface area contributed by atoms with Crippen LogP contribution in [0.4, 0.5) is 34.1 Å². The Morgan fingerprint density at radius 3 is 0.792 bits per heavy atom. The van der Waals surface area contributed by atoms with Crippen molar-refractivity contribution in [1.29, 1.82) is 0 Å². The average Bonchev–Trinajstić information content (AvgIpc) is 3.12. The first-order chi connectivity index (χ1) is 23.4. The molecule has 0 bridgehead atoms. The van der Waals surface area contributed by atoms with E-state index in [0.29, 0.717) is 0 Å². The second-order valence-electron chi connectivity index (χ2n) is 13.0. The first kappa shape index (κ1) is 29.5. The number of fused-ring (bicyclic) bond motifs is 5. The number of hydrogen-bond acceptors (Lipinski definition) is 2. The van der Waals surface area contributed by atoms with Crippen molar-refractivity contribution in [2.24, 2.45) is 0 Å². The first-order valence-electron chi connectivity index (χ1n) is 16.7. The van der Waals surface area contributed by atoms with E-state index in [4.69, 9.17) is 0 Å². The van der Waals surface area contributed by atoms with Gasteiger partial charge in [-0.1, -0.05) is 119 Å². The third kappa shape index (κ3) is 5.26. The van der Waals surface area contributed by atoms with E-state index in [1.807, 2.05) is 0 Å². The summed E-state index contributed by atoms with van der Waals surface area (Å²) >= 11 is 0. The maximum absolute atomic E-state index is 2.41. The van der Waals surface area contributed by atoms with Crippen LogP contribution in [0, 0.1) is 27.7 Å². The molecule has 48 heavy (non-hydrogen) atoms. The van der Waals surface area contributed by atoms with Crippen molar-refractivity contribution in [2.45, 2.75) is 27.7 Å². The van der Waals surface area contributed by atoms with Crippen molar-refractivity contribution in [3.8, 4) is 0 Å². The zero-order valence-electron chi connectivity index (χ0n) is 27.9. The minimum Gasteiger partial charge on any atom is -0.310 e. The summed E-state index contributed by atoms with van der Waals surface area (Å²) in [6, 6.07) is 58.0. The maximum Gasteiger partial charge on any atom is 0.0546 e. The van der Waals surface area contributed by atoms with Crippen molar-refractivity contribution in [3.63, 3.8) is 0 Å². The van der Waals surface area contributed by atoms with Crippen molar-refractivity contribution in [3.05, 3.63) is 180 Å². The zero-order chi connectivity index (χ0) is 32.8. The van der Waals surface area contributed by atoms with E-state index in [-0.39, 0.29) is 0 Å². The SMILES string of the molecule is Cc1ccc(N(c2ccc(C)cc2)c2cc3c4ccccc4c(N(c4ccc(C)cc4)c4ccc(C)cc4)cc3c3ccccc23)cc1. The third-order valence-electron chi connectivity index (χ3n) is 9.49. The van der Waals surface area contributed by atoms with Crippen LogP contribution in [0.15, 0.2) is 158 Å². The van der Waals surface area contributed by atoms with Crippen molar-refractivity contribution >= 4 is 66.4 Å². The van der Waals surface area contributed by atoms with Gasteiger partial charge in [0.1, 0.15) is 0 Å². The highest BCUT2D eigenvalue weighted by molar-refractivity contribution is 6.24. The van der Waals surface area contributed by atoms with Crippen LogP contribution < -0.4 is 9.80 Å². The van der Waals surface area contributed by atoms with Gasteiger partial charge in [-0.25, -0.2) is 0 Å². The molecule has 0 radical (unpaired) electrons. The Kier molecular flexibility index (Phi) is 7.42. The second kappa shape index (κ2) is 12.1. The molecule has 8 aromatic carbocycles. The van der Waals surface area contributed by atoms with Crippen LogP contribution >= 0.6 is 0 Å². The van der Waals surface area contributed by atoms with E-state index < -0.39 is 0 Å². The fraction of sp³-hybridized carbons (Fsp3) is 0.0870. The van der Waals surface area contributed by atoms with Crippen LogP contribution in [0.5, 0.6) is 0 Å². The van der Waals surface area contributed by atoms with Gasteiger partial charge >= 0.3 is 0 Å². The highest BCUT2D eigenvalue weighted by Gasteiger charge is 2.22. The number of nitrogens with zero attached hydrogens (tertiary/aromatic N) is 2. The molecule has 0 N–H and O–H groups in total. The van der Waals surface area contributed by atoms with Gasteiger partial charge in [0.05, 0.1) is 11.4 Å². The summed E-state index contributed by atoms with van der Waals surface area (Å²) in [4.78, 5) is 4.82. The smallest absolute Gasteiger partial charge is 0.0546 e. The van der Waals surface area contributed by atoms with Gasteiger partial charge in [-0.3, -0.25) is 0 Å². The summed E-state index contributed by atoms with van der Waals surface area (Å²) in [5.41, 5.74) is 11.9. The quantitative estimate of drug-likeness (QED) is 0.171. The Balaban J connectivity index is 1.46. The fourth-order valence-corrected chi connectivity index (χ4v) is 6.91. The molecule has 2 nitrogen and oxygen atoms in total. The van der Waals surface area contributed by atoms with Gasteiger partial charge in [0, 0.05) is 33.5 Å². The monoisotopic (exact) mass is 618 g/mol. The lowest BCUT2D eigenvalue weighted by molar-refractivity contribution is 1.28.